The fourth-order valence-electron chi connectivity index (χ4n) is 1.37. The summed E-state index contributed by atoms with van der Waals surface area (Å²) in [5.41, 5.74) is 2.94. The second kappa shape index (κ2) is 3.75. The predicted molar refractivity (Wildman–Crippen MR) is 59.0 cm³/mol. The average molecular weight is 188 g/mol. The molecule has 0 N–H and O–H groups in total. The number of rotatable bonds is 0. The average Bonchev–Trinajstić information content (AvgIpc) is 2.80. The van der Waals surface area contributed by atoms with Crippen LogP contribution >= 0.6 is 11.3 Å². The summed E-state index contributed by atoms with van der Waals surface area (Å²) >= 11 is 1.78. The number of hydrogen-bond acceptors (Lipinski definition) is 1. The summed E-state index contributed by atoms with van der Waals surface area (Å²) in [7, 11) is 0. The normalized spacial score (nSPS) is 16.4. The van der Waals surface area contributed by atoms with Crippen molar-refractivity contribution in [3.63, 3.8) is 0 Å². The van der Waals surface area contributed by atoms with Crippen molar-refractivity contribution in [3.05, 3.63) is 57.8 Å². The largest absolute Gasteiger partial charge is 0.149 e. The third-order valence-corrected chi connectivity index (χ3v) is 2.90. The molecule has 0 spiro atoms. The maximum atomic E-state index is 2.18. The first-order valence-corrected chi connectivity index (χ1v) is 5.30. The van der Waals surface area contributed by atoms with E-state index in [2.05, 4.69) is 48.7 Å². The molecule has 1 aromatic rings. The van der Waals surface area contributed by atoms with E-state index in [4.69, 9.17) is 0 Å². The Bertz CT molecular complexity index is 344. The number of allylic oxidation sites excluding steroid dienone is 6. The lowest BCUT2D eigenvalue weighted by molar-refractivity contribution is 1.32. The Kier molecular flexibility index (Phi) is 2.46. The molecule has 0 unspecified atom stereocenters. The van der Waals surface area contributed by atoms with E-state index in [0.717, 1.165) is 0 Å². The molecule has 1 heterocycles. The Balaban J connectivity index is 0.000000102. The molecule has 66 valence electrons. The first kappa shape index (κ1) is 8.52. The molecule has 2 aliphatic carbocycles. The van der Waals surface area contributed by atoms with Gasteiger partial charge < -0.3 is 0 Å². The summed E-state index contributed by atoms with van der Waals surface area (Å²) in [6.07, 6.45) is 9.90. The summed E-state index contributed by atoms with van der Waals surface area (Å²) in [6, 6.07) is 4.16. The lowest BCUT2D eigenvalue weighted by Gasteiger charge is -1.77. The van der Waals surface area contributed by atoms with Gasteiger partial charge in [0.2, 0.25) is 0 Å². The maximum absolute atomic E-state index is 2.18. The highest BCUT2D eigenvalue weighted by atomic mass is 32.1. The van der Waals surface area contributed by atoms with E-state index in [9.17, 15) is 0 Å². The molecule has 0 aromatic carbocycles. The van der Waals surface area contributed by atoms with E-state index in [0.29, 0.717) is 0 Å². The smallest absolute Gasteiger partial charge is 0.00141 e. The molecule has 0 nitrogen and oxygen atoms in total. The minimum atomic E-state index is 1.19. The fraction of sp³-hybridized carbons (Fsp3) is 0.167. The molecular formula is C12H12S. The van der Waals surface area contributed by atoms with Gasteiger partial charge in [-0.25, -0.2) is 0 Å². The van der Waals surface area contributed by atoms with Gasteiger partial charge in [0.05, 0.1) is 0 Å². The van der Waals surface area contributed by atoms with Crippen LogP contribution in [0.3, 0.4) is 0 Å². The molecule has 0 saturated heterocycles. The monoisotopic (exact) mass is 188 g/mol. The first-order chi connectivity index (χ1) is 6.34. The van der Waals surface area contributed by atoms with E-state index in [1.807, 2.05) is 0 Å². The first-order valence-electron chi connectivity index (χ1n) is 4.42. The van der Waals surface area contributed by atoms with Gasteiger partial charge >= 0.3 is 0 Å². The van der Waals surface area contributed by atoms with Crippen LogP contribution in [0.4, 0.5) is 0 Å². The molecule has 2 bridgehead atoms. The number of fused-ring (bicyclic) bond motifs is 2. The Morgan fingerprint density at radius 1 is 1.15 bits per heavy atom. The summed E-state index contributed by atoms with van der Waals surface area (Å²) in [5, 5.41) is 2.08. The summed E-state index contributed by atoms with van der Waals surface area (Å²) < 4.78 is 0. The van der Waals surface area contributed by atoms with Gasteiger partial charge in [0.25, 0.3) is 0 Å². The molecule has 1 aromatic heterocycles. The minimum Gasteiger partial charge on any atom is -0.149 e. The van der Waals surface area contributed by atoms with Crippen LogP contribution in [0.5, 0.6) is 0 Å². The van der Waals surface area contributed by atoms with E-state index >= 15 is 0 Å². The lowest BCUT2D eigenvalue weighted by atomic mass is 10.3. The van der Waals surface area contributed by atoms with Gasteiger partial charge in [-0.2, -0.15) is 0 Å². The van der Waals surface area contributed by atoms with Crippen LogP contribution < -0.4 is 0 Å². The van der Waals surface area contributed by atoms with Gasteiger partial charge in [-0.3, -0.25) is 0 Å². The summed E-state index contributed by atoms with van der Waals surface area (Å²) in [5.74, 6) is 0. The second-order valence-corrected chi connectivity index (χ2v) is 4.37. The van der Waals surface area contributed by atoms with E-state index in [1.165, 1.54) is 22.4 Å². The van der Waals surface area contributed by atoms with Gasteiger partial charge in [0, 0.05) is 4.88 Å². The molecule has 13 heavy (non-hydrogen) atoms. The van der Waals surface area contributed by atoms with Gasteiger partial charge in [-0.15, -0.1) is 11.3 Å². The van der Waals surface area contributed by atoms with Crippen LogP contribution in [0.1, 0.15) is 11.3 Å². The molecular weight excluding hydrogens is 176 g/mol. The third kappa shape index (κ3) is 2.19. The van der Waals surface area contributed by atoms with Crippen LogP contribution in [-0.4, -0.2) is 0 Å². The van der Waals surface area contributed by atoms with Gasteiger partial charge in [-0.05, 0) is 35.9 Å². The van der Waals surface area contributed by atoms with Crippen LogP contribution in [-0.2, 0) is 0 Å². The van der Waals surface area contributed by atoms with Crippen LogP contribution in [0, 0.1) is 6.92 Å². The van der Waals surface area contributed by atoms with Crippen LogP contribution in [0.2, 0.25) is 0 Å². The summed E-state index contributed by atoms with van der Waals surface area (Å²) in [6.45, 7) is 2.10. The van der Waals surface area contributed by atoms with Crippen LogP contribution in [0.15, 0.2) is 53.0 Å². The van der Waals surface area contributed by atoms with Crippen molar-refractivity contribution in [2.75, 3.05) is 0 Å². The number of aryl methyl sites for hydroxylation is 1. The SMILES string of the molecule is C1=CC2=CC=C1C2.Cc1cccs1. The number of hydrogen-bond donors (Lipinski definition) is 0. The molecule has 0 amide bonds. The molecule has 0 radical (unpaired) electrons. The number of thiophene rings is 1. The van der Waals surface area contributed by atoms with Crippen LogP contribution in [0.25, 0.3) is 0 Å². The van der Waals surface area contributed by atoms with Gasteiger partial charge in [-0.1, -0.05) is 30.4 Å². The fourth-order valence-corrected chi connectivity index (χ4v) is 1.90. The zero-order valence-electron chi connectivity index (χ0n) is 7.66. The highest BCUT2D eigenvalue weighted by molar-refractivity contribution is 7.09. The Morgan fingerprint density at radius 3 is 2.00 bits per heavy atom. The van der Waals surface area contributed by atoms with Crippen molar-refractivity contribution < 1.29 is 0 Å². The molecule has 0 saturated carbocycles. The summed E-state index contributed by atoms with van der Waals surface area (Å²) in [4.78, 5) is 1.38. The predicted octanol–water partition coefficient (Wildman–Crippen LogP) is 3.87. The highest BCUT2D eigenvalue weighted by Gasteiger charge is 2.07. The van der Waals surface area contributed by atoms with Gasteiger partial charge in [0.15, 0.2) is 0 Å². The molecule has 0 atom stereocenters. The standard InChI is InChI=1S/C7H6.C5H6S/c1-2-7-4-3-6(1)5-7;1-5-3-2-4-6-5/h1-4H,5H2;2-4H,1H3. The van der Waals surface area contributed by atoms with Crippen molar-refractivity contribution >= 4 is 11.3 Å². The van der Waals surface area contributed by atoms with Crippen molar-refractivity contribution in [2.45, 2.75) is 13.3 Å². The zero-order chi connectivity index (χ0) is 9.10. The van der Waals surface area contributed by atoms with E-state index < -0.39 is 0 Å². The quantitative estimate of drug-likeness (QED) is 0.580. The van der Waals surface area contributed by atoms with Crippen molar-refractivity contribution in [1.82, 2.24) is 0 Å². The maximum Gasteiger partial charge on any atom is 0.00141 e. The Hall–Kier alpha value is -1.08. The third-order valence-electron chi connectivity index (χ3n) is 2.09. The van der Waals surface area contributed by atoms with E-state index in [1.54, 1.807) is 11.3 Å². The van der Waals surface area contributed by atoms with E-state index in [-0.39, 0.29) is 0 Å². The molecule has 2 aliphatic rings. The Labute approximate surface area is 82.9 Å². The highest BCUT2D eigenvalue weighted by Crippen LogP contribution is 2.27. The molecule has 0 fully saturated rings. The topological polar surface area (TPSA) is 0 Å². The molecule has 3 rings (SSSR count). The van der Waals surface area contributed by atoms with Crippen molar-refractivity contribution in [2.24, 2.45) is 0 Å². The van der Waals surface area contributed by atoms with Crippen molar-refractivity contribution in [1.29, 1.82) is 0 Å². The Morgan fingerprint density at radius 2 is 1.85 bits per heavy atom. The zero-order valence-corrected chi connectivity index (χ0v) is 8.47. The molecule has 0 aliphatic heterocycles. The minimum absolute atomic E-state index is 1.19. The van der Waals surface area contributed by atoms with Gasteiger partial charge in [0.1, 0.15) is 0 Å². The lowest BCUT2D eigenvalue weighted by Crippen LogP contribution is -1.59. The van der Waals surface area contributed by atoms with Crippen molar-refractivity contribution in [3.8, 4) is 0 Å². The molecule has 1 heteroatoms. The second-order valence-electron chi connectivity index (χ2n) is 3.22.